The molecule has 0 bridgehead atoms. The fourth-order valence-electron chi connectivity index (χ4n) is 2.99. The molecule has 10 nitrogen and oxygen atoms in total. The molecule has 0 aliphatic rings. The summed E-state index contributed by atoms with van der Waals surface area (Å²) in [4.78, 5) is 10.7. The van der Waals surface area contributed by atoms with Gasteiger partial charge >= 0.3 is 0 Å². The quantitative estimate of drug-likeness (QED) is 0.240. The molecule has 0 saturated heterocycles. The summed E-state index contributed by atoms with van der Waals surface area (Å²) >= 11 is 0. The lowest BCUT2D eigenvalue weighted by atomic mass is 10.1. The van der Waals surface area contributed by atoms with Crippen LogP contribution >= 0.6 is 0 Å². The molecule has 3 N–H and O–H groups in total. The van der Waals surface area contributed by atoms with E-state index in [0.717, 1.165) is 11.6 Å². The first kappa shape index (κ1) is 23.5. The number of rotatable bonds is 9. The molecular weight excluding hydrogens is 448 g/mol. The highest BCUT2D eigenvalue weighted by Crippen LogP contribution is 2.31. The average molecular weight is 471 g/mol. The van der Waals surface area contributed by atoms with Crippen LogP contribution in [0, 0.1) is 10.1 Å². The van der Waals surface area contributed by atoms with Gasteiger partial charge in [0.05, 0.1) is 28.3 Å². The van der Waals surface area contributed by atoms with Crippen molar-refractivity contribution in [2.45, 2.75) is 18.2 Å². The second kappa shape index (κ2) is 10.0. The van der Waals surface area contributed by atoms with E-state index in [2.05, 4.69) is 15.2 Å². The van der Waals surface area contributed by atoms with Crippen LogP contribution < -0.4 is 14.9 Å². The first-order chi connectivity index (χ1) is 15.7. The largest absolute Gasteiger partial charge is 0.508 e. The molecule has 3 rings (SSSR count). The van der Waals surface area contributed by atoms with E-state index < -0.39 is 20.6 Å². The molecule has 0 unspecified atom stereocenters. The Labute approximate surface area is 190 Å². The van der Waals surface area contributed by atoms with Crippen molar-refractivity contribution in [3.63, 3.8) is 0 Å². The number of nitrogens with zero attached hydrogens (tertiary/aromatic N) is 2. The lowest BCUT2D eigenvalue weighted by molar-refractivity contribution is -0.384. The SMILES string of the molecule is CC/C(=N/Nc1ccc(S(=O)(=O)Nc2ccccc2OC)cc1[N+](=O)[O-])c1ccc(O)cc1. The Hall–Kier alpha value is -4.12. The fourth-order valence-corrected chi connectivity index (χ4v) is 4.08. The van der Waals surface area contributed by atoms with Gasteiger partial charge in [-0.1, -0.05) is 19.1 Å². The third-order valence-electron chi connectivity index (χ3n) is 4.67. The second-order valence-electron chi connectivity index (χ2n) is 6.81. The van der Waals surface area contributed by atoms with Gasteiger partial charge in [0, 0.05) is 6.07 Å². The van der Waals surface area contributed by atoms with E-state index in [1.807, 2.05) is 6.92 Å². The smallest absolute Gasteiger partial charge is 0.295 e. The highest BCUT2D eigenvalue weighted by Gasteiger charge is 2.22. The molecule has 0 spiro atoms. The number of nitro benzene ring substituents is 1. The summed E-state index contributed by atoms with van der Waals surface area (Å²) in [5.74, 6) is 0.417. The summed E-state index contributed by atoms with van der Waals surface area (Å²) in [5.41, 5.74) is 3.76. The van der Waals surface area contributed by atoms with E-state index in [-0.39, 0.29) is 22.0 Å². The van der Waals surface area contributed by atoms with Crippen molar-refractivity contribution < 1.29 is 23.2 Å². The Morgan fingerprint density at radius 3 is 2.42 bits per heavy atom. The number of sulfonamides is 1. The van der Waals surface area contributed by atoms with Crippen LogP contribution in [0.1, 0.15) is 18.9 Å². The molecule has 33 heavy (non-hydrogen) atoms. The molecule has 3 aromatic rings. The molecule has 0 atom stereocenters. The molecule has 0 amide bonds. The maximum absolute atomic E-state index is 12.8. The first-order valence-corrected chi connectivity index (χ1v) is 11.3. The van der Waals surface area contributed by atoms with Crippen LogP contribution in [0.15, 0.2) is 76.7 Å². The van der Waals surface area contributed by atoms with Gasteiger partial charge < -0.3 is 9.84 Å². The lowest BCUT2D eigenvalue weighted by Crippen LogP contribution is -2.14. The maximum atomic E-state index is 12.8. The Morgan fingerprint density at radius 1 is 1.09 bits per heavy atom. The summed E-state index contributed by atoms with van der Waals surface area (Å²) in [5, 5.41) is 25.3. The van der Waals surface area contributed by atoms with Gasteiger partial charge in [0.25, 0.3) is 15.7 Å². The van der Waals surface area contributed by atoms with Crippen molar-refractivity contribution in [3.05, 3.63) is 82.4 Å². The zero-order chi connectivity index (χ0) is 24.0. The predicted molar refractivity (Wildman–Crippen MR) is 125 cm³/mol. The second-order valence-corrected chi connectivity index (χ2v) is 8.49. The summed E-state index contributed by atoms with van der Waals surface area (Å²) in [6, 6.07) is 16.3. The van der Waals surface area contributed by atoms with Gasteiger partial charge in [0.2, 0.25) is 0 Å². The van der Waals surface area contributed by atoms with Gasteiger partial charge in [-0.3, -0.25) is 20.3 Å². The van der Waals surface area contributed by atoms with Crippen molar-refractivity contribution in [3.8, 4) is 11.5 Å². The van der Waals surface area contributed by atoms with E-state index in [0.29, 0.717) is 17.9 Å². The highest BCUT2D eigenvalue weighted by molar-refractivity contribution is 7.92. The third-order valence-corrected chi connectivity index (χ3v) is 6.04. The number of aromatic hydroxyl groups is 1. The number of anilines is 2. The number of hydrogen-bond donors (Lipinski definition) is 3. The number of phenolic OH excluding ortho intramolecular Hbond substituents is 1. The van der Waals surface area contributed by atoms with Crippen molar-refractivity contribution in [1.82, 2.24) is 0 Å². The number of ether oxygens (including phenoxy) is 1. The van der Waals surface area contributed by atoms with Gasteiger partial charge in [-0.25, -0.2) is 8.42 Å². The summed E-state index contributed by atoms with van der Waals surface area (Å²) in [6.07, 6.45) is 0.515. The van der Waals surface area contributed by atoms with Crippen LogP contribution in [0.3, 0.4) is 0 Å². The number of phenols is 1. The molecule has 0 saturated carbocycles. The maximum Gasteiger partial charge on any atom is 0.295 e. The van der Waals surface area contributed by atoms with Gasteiger partial charge in [-0.15, -0.1) is 0 Å². The summed E-state index contributed by atoms with van der Waals surface area (Å²) in [7, 11) is -2.72. The summed E-state index contributed by atoms with van der Waals surface area (Å²) < 4.78 is 33.2. The molecule has 0 heterocycles. The van der Waals surface area contributed by atoms with Crippen LogP contribution in [-0.2, 0) is 10.0 Å². The monoisotopic (exact) mass is 470 g/mol. The number of nitro groups is 1. The minimum absolute atomic E-state index is 0.0287. The van der Waals surface area contributed by atoms with Crippen molar-refractivity contribution in [2.75, 3.05) is 17.3 Å². The molecule has 0 aromatic heterocycles. The molecular formula is C22H22N4O6S. The lowest BCUT2D eigenvalue weighted by Gasteiger charge is -2.12. The Kier molecular flexibility index (Phi) is 7.13. The third kappa shape index (κ3) is 5.57. The van der Waals surface area contributed by atoms with E-state index in [1.165, 1.54) is 37.4 Å². The van der Waals surface area contributed by atoms with Crippen molar-refractivity contribution in [2.24, 2.45) is 5.10 Å². The number of hydrazone groups is 1. The minimum Gasteiger partial charge on any atom is -0.508 e. The van der Waals surface area contributed by atoms with Gasteiger partial charge in [0.1, 0.15) is 17.2 Å². The molecule has 3 aromatic carbocycles. The number of methoxy groups -OCH3 is 1. The zero-order valence-electron chi connectivity index (χ0n) is 17.8. The molecule has 172 valence electrons. The van der Waals surface area contributed by atoms with Crippen LogP contribution in [0.2, 0.25) is 0 Å². The topological polar surface area (TPSA) is 143 Å². The van der Waals surface area contributed by atoms with Crippen LogP contribution in [0.4, 0.5) is 17.1 Å². The van der Waals surface area contributed by atoms with E-state index in [9.17, 15) is 23.6 Å². The minimum atomic E-state index is -4.12. The standard InChI is InChI=1S/C22H22N4O6S/c1-3-18(15-8-10-16(27)11-9-15)23-24-19-13-12-17(14-21(19)26(28)29)33(30,31)25-20-6-4-5-7-22(20)32-2/h4-14,24-25,27H,3H2,1-2H3/b23-18-. The molecule has 0 radical (unpaired) electrons. The van der Waals surface area contributed by atoms with Crippen molar-refractivity contribution in [1.29, 1.82) is 0 Å². The Balaban J connectivity index is 1.91. The van der Waals surface area contributed by atoms with Gasteiger partial charge in [-0.05, 0) is 60.5 Å². The van der Waals surface area contributed by atoms with Crippen LogP contribution in [-0.4, -0.2) is 31.3 Å². The Bertz CT molecular complexity index is 1290. The fraction of sp³-hybridized carbons (Fsp3) is 0.136. The zero-order valence-corrected chi connectivity index (χ0v) is 18.7. The van der Waals surface area contributed by atoms with Gasteiger partial charge in [-0.2, -0.15) is 5.10 Å². The molecule has 0 fully saturated rings. The van der Waals surface area contributed by atoms with Gasteiger partial charge in [0.15, 0.2) is 0 Å². The predicted octanol–water partition coefficient (Wildman–Crippen LogP) is 4.34. The van der Waals surface area contributed by atoms with E-state index in [4.69, 9.17) is 4.74 Å². The van der Waals surface area contributed by atoms with E-state index >= 15 is 0 Å². The highest BCUT2D eigenvalue weighted by atomic mass is 32.2. The normalized spacial score (nSPS) is 11.6. The van der Waals surface area contributed by atoms with Crippen molar-refractivity contribution >= 4 is 32.8 Å². The van der Waals surface area contributed by atoms with Crippen LogP contribution in [0.5, 0.6) is 11.5 Å². The first-order valence-electron chi connectivity index (χ1n) is 9.81. The molecule has 0 aliphatic carbocycles. The van der Waals surface area contributed by atoms with Crippen LogP contribution in [0.25, 0.3) is 0 Å². The van der Waals surface area contributed by atoms with E-state index in [1.54, 1.807) is 30.3 Å². The number of hydrogen-bond acceptors (Lipinski definition) is 8. The number of nitrogens with one attached hydrogen (secondary N) is 2. The Morgan fingerprint density at radius 2 is 1.79 bits per heavy atom. The molecule has 11 heteroatoms. The summed E-state index contributed by atoms with van der Waals surface area (Å²) in [6.45, 7) is 1.86. The number of benzene rings is 3. The number of para-hydroxylation sites is 2. The molecule has 0 aliphatic heterocycles. The average Bonchev–Trinajstić information content (AvgIpc) is 2.80.